The zero-order valence-corrected chi connectivity index (χ0v) is 24.4. The minimum absolute atomic E-state index is 0.162. The summed E-state index contributed by atoms with van der Waals surface area (Å²) >= 11 is 0. The molecule has 0 amide bonds. The van der Waals surface area contributed by atoms with Crippen molar-refractivity contribution in [1.29, 1.82) is 0 Å². The second-order valence-corrected chi connectivity index (χ2v) is 12.2. The van der Waals surface area contributed by atoms with Crippen molar-refractivity contribution < 1.29 is 4.58 Å². The minimum Gasteiger partial charge on any atom is -0.347 e. The van der Waals surface area contributed by atoms with Crippen LogP contribution in [0.25, 0.3) is 10.8 Å². The highest BCUT2D eigenvalue weighted by molar-refractivity contribution is 6.09. The first kappa shape index (κ1) is 25.5. The van der Waals surface area contributed by atoms with Gasteiger partial charge in [0.15, 0.2) is 5.71 Å². The molecule has 0 saturated carbocycles. The number of hydrogen-bond acceptors (Lipinski definition) is 1. The Labute approximate surface area is 243 Å². The van der Waals surface area contributed by atoms with E-state index < -0.39 is 0 Å². The second kappa shape index (κ2) is 9.59. The van der Waals surface area contributed by atoms with Crippen LogP contribution in [-0.2, 0) is 23.7 Å². The first-order valence-electron chi connectivity index (χ1n) is 14.7. The van der Waals surface area contributed by atoms with E-state index >= 15 is 0 Å². The van der Waals surface area contributed by atoms with Gasteiger partial charge in [0.25, 0.3) is 0 Å². The van der Waals surface area contributed by atoms with Gasteiger partial charge in [-0.25, -0.2) is 0 Å². The van der Waals surface area contributed by atoms with Crippen molar-refractivity contribution in [3.05, 3.63) is 155 Å². The number of allylic oxidation sites excluding steroid dienone is 2. The standard InChI is InChI=1S/C39H37N2/c1-38(26-28-15-7-5-8-16-28)32-21-13-14-22-33(32)40(3)35(38)25-36-39(2,27-29-17-9-6-10-18-29)37-31-20-12-11-19-30(31)23-24-34(37)41(36)4/h5-25H,26-27H2,1-4H3/q+1. The molecule has 0 spiro atoms. The highest BCUT2D eigenvalue weighted by atomic mass is 15.2. The Balaban J connectivity index is 1.45. The van der Waals surface area contributed by atoms with Crippen LogP contribution >= 0.6 is 0 Å². The smallest absolute Gasteiger partial charge is 0.210 e. The SMILES string of the molecule is CN1/C(=C/C2=[N+](C)c3ccc4ccccc4c3C2(C)Cc2ccccc2)C(C)(Cc2ccccc2)c2ccccc21. The summed E-state index contributed by atoms with van der Waals surface area (Å²) in [5.41, 5.74) is 10.5. The van der Waals surface area contributed by atoms with E-state index in [4.69, 9.17) is 0 Å². The Morgan fingerprint density at radius 2 is 1.24 bits per heavy atom. The first-order chi connectivity index (χ1) is 19.9. The number of anilines is 1. The van der Waals surface area contributed by atoms with Crippen LogP contribution in [0.2, 0.25) is 0 Å². The average Bonchev–Trinajstić information content (AvgIpc) is 3.34. The number of rotatable bonds is 5. The van der Waals surface area contributed by atoms with Crippen LogP contribution in [0.4, 0.5) is 11.4 Å². The summed E-state index contributed by atoms with van der Waals surface area (Å²) in [4.78, 5) is 2.43. The molecule has 41 heavy (non-hydrogen) atoms. The minimum atomic E-state index is -0.206. The Bertz CT molecular complexity index is 1830. The molecule has 2 heteroatoms. The molecule has 5 aromatic rings. The summed E-state index contributed by atoms with van der Waals surface area (Å²) in [5, 5.41) is 2.64. The summed E-state index contributed by atoms with van der Waals surface area (Å²) in [6.45, 7) is 4.89. The van der Waals surface area contributed by atoms with Gasteiger partial charge < -0.3 is 4.90 Å². The zero-order chi connectivity index (χ0) is 28.2. The Hall–Kier alpha value is -4.43. The summed E-state index contributed by atoms with van der Waals surface area (Å²) in [7, 11) is 4.50. The van der Waals surface area contributed by atoms with Gasteiger partial charge in [0.1, 0.15) is 7.05 Å². The molecule has 2 heterocycles. The van der Waals surface area contributed by atoms with Gasteiger partial charge in [-0.2, -0.15) is 4.58 Å². The molecular weight excluding hydrogens is 496 g/mol. The average molecular weight is 534 g/mol. The lowest BCUT2D eigenvalue weighted by Gasteiger charge is -2.30. The van der Waals surface area contributed by atoms with Crippen molar-refractivity contribution in [3.63, 3.8) is 0 Å². The van der Waals surface area contributed by atoms with Gasteiger partial charge in [0.05, 0.1) is 5.41 Å². The van der Waals surface area contributed by atoms with Crippen molar-refractivity contribution in [1.82, 2.24) is 0 Å². The fraction of sp³-hybridized carbons (Fsp3) is 0.205. The van der Waals surface area contributed by atoms with E-state index in [9.17, 15) is 0 Å². The normalized spacial score (nSPS) is 22.4. The maximum atomic E-state index is 2.53. The first-order valence-corrected chi connectivity index (χ1v) is 14.7. The van der Waals surface area contributed by atoms with Crippen molar-refractivity contribution in [2.24, 2.45) is 0 Å². The maximum absolute atomic E-state index is 2.53. The van der Waals surface area contributed by atoms with Gasteiger partial charge in [0, 0.05) is 41.6 Å². The van der Waals surface area contributed by atoms with Crippen LogP contribution in [0.3, 0.4) is 0 Å². The molecular formula is C39H37N2+. The molecule has 7 rings (SSSR count). The summed E-state index contributed by atoms with van der Waals surface area (Å²) in [5.74, 6) is 0. The predicted octanol–water partition coefficient (Wildman–Crippen LogP) is 8.60. The Morgan fingerprint density at radius 3 is 1.95 bits per heavy atom. The molecule has 0 radical (unpaired) electrons. The van der Waals surface area contributed by atoms with Crippen molar-refractivity contribution in [2.75, 3.05) is 19.0 Å². The fourth-order valence-electron chi connectivity index (χ4n) is 7.63. The van der Waals surface area contributed by atoms with E-state index in [1.807, 2.05) is 0 Å². The van der Waals surface area contributed by atoms with E-state index in [1.54, 1.807) is 0 Å². The number of fused-ring (bicyclic) bond motifs is 4. The van der Waals surface area contributed by atoms with Gasteiger partial charge in [-0.3, -0.25) is 0 Å². The predicted molar refractivity (Wildman–Crippen MR) is 173 cm³/mol. The lowest BCUT2D eigenvalue weighted by Crippen LogP contribution is -2.36. The van der Waals surface area contributed by atoms with Gasteiger partial charge in [0.2, 0.25) is 5.69 Å². The van der Waals surface area contributed by atoms with E-state index in [2.05, 4.69) is 165 Å². The fourth-order valence-corrected chi connectivity index (χ4v) is 7.63. The Morgan fingerprint density at radius 1 is 0.659 bits per heavy atom. The number of hydrogen-bond donors (Lipinski definition) is 0. The largest absolute Gasteiger partial charge is 0.347 e. The van der Waals surface area contributed by atoms with Crippen molar-refractivity contribution >= 4 is 27.9 Å². The number of nitrogens with zero attached hydrogens (tertiary/aromatic N) is 2. The molecule has 0 aromatic heterocycles. The van der Waals surface area contributed by atoms with Crippen LogP contribution in [0.15, 0.2) is 133 Å². The van der Waals surface area contributed by atoms with Crippen LogP contribution < -0.4 is 4.90 Å². The molecule has 0 fully saturated rings. The molecule has 5 aromatic carbocycles. The monoisotopic (exact) mass is 533 g/mol. The van der Waals surface area contributed by atoms with Gasteiger partial charge in [-0.15, -0.1) is 0 Å². The highest BCUT2D eigenvalue weighted by Gasteiger charge is 2.50. The topological polar surface area (TPSA) is 6.25 Å². The molecule has 202 valence electrons. The second-order valence-electron chi connectivity index (χ2n) is 12.2. The summed E-state index contributed by atoms with van der Waals surface area (Å²) < 4.78 is 2.46. The highest BCUT2D eigenvalue weighted by Crippen LogP contribution is 2.51. The molecule has 0 N–H and O–H groups in total. The third-order valence-electron chi connectivity index (χ3n) is 9.61. The third-order valence-corrected chi connectivity index (χ3v) is 9.61. The van der Waals surface area contributed by atoms with Crippen LogP contribution in [0, 0.1) is 0 Å². The molecule has 2 unspecified atom stereocenters. The molecule has 2 nitrogen and oxygen atoms in total. The quantitative estimate of drug-likeness (QED) is 0.205. The molecule has 0 bridgehead atoms. The molecule has 2 aliphatic heterocycles. The molecule has 2 atom stereocenters. The van der Waals surface area contributed by atoms with Crippen LogP contribution in [0.1, 0.15) is 36.1 Å². The van der Waals surface area contributed by atoms with Crippen LogP contribution in [0.5, 0.6) is 0 Å². The lowest BCUT2D eigenvalue weighted by molar-refractivity contribution is -0.401. The van der Waals surface area contributed by atoms with E-state index in [1.165, 1.54) is 55.8 Å². The number of para-hydroxylation sites is 1. The van der Waals surface area contributed by atoms with Gasteiger partial charge in [-0.1, -0.05) is 103 Å². The van der Waals surface area contributed by atoms with Crippen molar-refractivity contribution in [3.8, 4) is 0 Å². The van der Waals surface area contributed by atoms with Gasteiger partial charge >= 0.3 is 0 Å². The summed E-state index contributed by atoms with van der Waals surface area (Å²) in [6.07, 6.45) is 4.41. The van der Waals surface area contributed by atoms with Crippen molar-refractivity contribution in [2.45, 2.75) is 37.5 Å². The Kier molecular flexibility index (Phi) is 5.97. The number of likely N-dealkylation sites (N-methyl/N-ethyl adjacent to an activating group) is 1. The molecule has 0 saturated heterocycles. The molecule has 2 aliphatic rings. The zero-order valence-electron chi connectivity index (χ0n) is 24.4. The maximum Gasteiger partial charge on any atom is 0.210 e. The van der Waals surface area contributed by atoms with E-state index in [0.29, 0.717) is 0 Å². The third kappa shape index (κ3) is 3.96. The lowest BCUT2D eigenvalue weighted by atomic mass is 9.71. The van der Waals surface area contributed by atoms with Crippen LogP contribution in [-0.4, -0.2) is 24.4 Å². The molecule has 0 aliphatic carbocycles. The van der Waals surface area contributed by atoms with E-state index in [0.717, 1.165) is 12.8 Å². The van der Waals surface area contributed by atoms with E-state index in [-0.39, 0.29) is 10.8 Å². The summed E-state index contributed by atoms with van der Waals surface area (Å²) in [6, 6.07) is 44.4. The van der Waals surface area contributed by atoms with Gasteiger partial charge in [-0.05, 0) is 66.3 Å². The number of benzene rings is 5.